The van der Waals surface area contributed by atoms with E-state index in [1.54, 1.807) is 13.1 Å². The number of tetrazole rings is 1. The third-order valence-corrected chi connectivity index (χ3v) is 1.92. The summed E-state index contributed by atoms with van der Waals surface area (Å²) in [6.45, 7) is 0. The Bertz CT molecular complexity index is 525. The normalized spacial score (nSPS) is 10.1. The zero-order valence-electron chi connectivity index (χ0n) is 8.25. The highest BCUT2D eigenvalue weighted by atomic mass is 35.5. The van der Waals surface area contributed by atoms with E-state index < -0.39 is 5.91 Å². The minimum atomic E-state index is -0.435. The lowest BCUT2D eigenvalue weighted by Crippen LogP contribution is -2.14. The first-order chi connectivity index (χ1) is 7.65. The topological polar surface area (TPSA) is 85.6 Å². The lowest BCUT2D eigenvalue weighted by Gasteiger charge is -1.99. The van der Waals surface area contributed by atoms with Gasteiger partial charge in [0.1, 0.15) is 5.69 Å². The van der Waals surface area contributed by atoms with Crippen molar-refractivity contribution in [1.29, 1.82) is 0 Å². The van der Waals surface area contributed by atoms with E-state index in [4.69, 9.17) is 11.6 Å². The molecule has 2 rings (SSSR count). The van der Waals surface area contributed by atoms with Gasteiger partial charge in [-0.2, -0.15) is 4.80 Å². The number of nitrogens with zero attached hydrogens (tertiary/aromatic N) is 5. The number of carbonyl (C=O) groups is 1. The second-order valence-corrected chi connectivity index (χ2v) is 3.35. The Hall–Kier alpha value is -2.02. The number of pyridine rings is 1. The van der Waals surface area contributed by atoms with Crippen molar-refractivity contribution in [2.45, 2.75) is 0 Å². The molecule has 0 saturated heterocycles. The monoisotopic (exact) mass is 238 g/mol. The van der Waals surface area contributed by atoms with E-state index in [1.807, 2.05) is 0 Å². The fourth-order valence-corrected chi connectivity index (χ4v) is 1.19. The lowest BCUT2D eigenvalue weighted by molar-refractivity contribution is 0.102. The fourth-order valence-electron chi connectivity index (χ4n) is 1.03. The zero-order chi connectivity index (χ0) is 11.5. The van der Waals surface area contributed by atoms with Gasteiger partial charge in [-0.15, -0.1) is 5.10 Å². The third kappa shape index (κ3) is 2.31. The Balaban J connectivity index is 2.14. The maximum Gasteiger partial charge on any atom is 0.276 e. The van der Waals surface area contributed by atoms with Gasteiger partial charge in [-0.3, -0.25) is 15.1 Å². The molecular weight excluding hydrogens is 232 g/mol. The van der Waals surface area contributed by atoms with E-state index in [0.717, 1.165) is 0 Å². The largest absolute Gasteiger partial charge is 0.286 e. The number of carbonyl (C=O) groups excluding carboxylic acids is 1. The van der Waals surface area contributed by atoms with Crippen molar-refractivity contribution in [1.82, 2.24) is 25.2 Å². The second kappa shape index (κ2) is 4.23. The molecule has 0 unspecified atom stereocenters. The summed E-state index contributed by atoms with van der Waals surface area (Å²) in [5.41, 5.74) is 0.194. The van der Waals surface area contributed by atoms with Crippen molar-refractivity contribution in [2.75, 3.05) is 5.32 Å². The average molecular weight is 239 g/mol. The molecule has 0 saturated carbocycles. The van der Waals surface area contributed by atoms with Crippen LogP contribution in [-0.2, 0) is 7.05 Å². The molecule has 2 aromatic heterocycles. The molecule has 16 heavy (non-hydrogen) atoms. The van der Waals surface area contributed by atoms with Crippen LogP contribution in [0.2, 0.25) is 5.02 Å². The lowest BCUT2D eigenvalue weighted by atomic mass is 10.3. The average Bonchev–Trinajstić information content (AvgIpc) is 2.64. The summed E-state index contributed by atoms with van der Waals surface area (Å²) < 4.78 is 0. The van der Waals surface area contributed by atoms with Crippen LogP contribution in [0.5, 0.6) is 0 Å². The van der Waals surface area contributed by atoms with E-state index in [9.17, 15) is 4.79 Å². The molecule has 2 aromatic rings. The van der Waals surface area contributed by atoms with Crippen molar-refractivity contribution < 1.29 is 4.79 Å². The molecule has 0 spiro atoms. The van der Waals surface area contributed by atoms with E-state index in [1.165, 1.54) is 17.1 Å². The maximum atomic E-state index is 11.6. The van der Waals surface area contributed by atoms with Gasteiger partial charge in [-0.05, 0) is 17.3 Å². The van der Waals surface area contributed by atoms with Crippen molar-refractivity contribution in [2.24, 2.45) is 7.05 Å². The van der Waals surface area contributed by atoms with E-state index in [0.29, 0.717) is 5.02 Å². The number of amides is 1. The summed E-state index contributed by atoms with van der Waals surface area (Å²) in [5, 5.41) is 13.9. The summed E-state index contributed by atoms with van der Waals surface area (Å²) in [6.07, 6.45) is 1.45. The van der Waals surface area contributed by atoms with Crippen LogP contribution in [0, 0.1) is 0 Å². The van der Waals surface area contributed by atoms with Gasteiger partial charge in [0.25, 0.3) is 11.9 Å². The molecule has 0 aliphatic carbocycles. The smallest absolute Gasteiger partial charge is 0.276 e. The molecule has 82 valence electrons. The number of aryl methyl sites for hydroxylation is 1. The third-order valence-electron chi connectivity index (χ3n) is 1.69. The van der Waals surface area contributed by atoms with Gasteiger partial charge in [-0.1, -0.05) is 16.7 Å². The van der Waals surface area contributed by atoms with Crippen LogP contribution >= 0.6 is 11.6 Å². The van der Waals surface area contributed by atoms with Crippen molar-refractivity contribution in [3.05, 3.63) is 29.0 Å². The molecular formula is C8H7ClN6O. The Morgan fingerprint density at radius 3 is 3.00 bits per heavy atom. The van der Waals surface area contributed by atoms with Gasteiger partial charge in [0.15, 0.2) is 0 Å². The predicted octanol–water partition coefficient (Wildman–Crippen LogP) is 0.511. The number of nitrogens with one attached hydrogen (secondary N) is 1. The van der Waals surface area contributed by atoms with Crippen molar-refractivity contribution >= 4 is 23.5 Å². The molecule has 0 aromatic carbocycles. The molecule has 0 atom stereocenters. The molecule has 0 aliphatic rings. The van der Waals surface area contributed by atoms with Crippen LogP contribution in [0.3, 0.4) is 0 Å². The van der Waals surface area contributed by atoms with Crippen LogP contribution in [-0.4, -0.2) is 31.1 Å². The number of anilines is 1. The Kier molecular flexibility index (Phi) is 2.78. The number of rotatable bonds is 2. The minimum Gasteiger partial charge on any atom is -0.286 e. The van der Waals surface area contributed by atoms with Gasteiger partial charge in [-0.25, -0.2) is 0 Å². The number of hydrogen-bond acceptors (Lipinski definition) is 5. The molecule has 0 aliphatic heterocycles. The zero-order valence-corrected chi connectivity index (χ0v) is 9.01. The summed E-state index contributed by atoms with van der Waals surface area (Å²) in [6, 6.07) is 3.03. The minimum absolute atomic E-state index is 0.120. The molecule has 1 amide bonds. The Labute approximate surface area is 95.4 Å². The maximum absolute atomic E-state index is 11.6. The molecule has 0 bridgehead atoms. The highest BCUT2D eigenvalue weighted by Gasteiger charge is 2.10. The molecule has 0 fully saturated rings. The van der Waals surface area contributed by atoms with Gasteiger partial charge in [0.2, 0.25) is 0 Å². The molecule has 0 radical (unpaired) electrons. The van der Waals surface area contributed by atoms with Crippen LogP contribution < -0.4 is 5.32 Å². The highest BCUT2D eigenvalue weighted by Crippen LogP contribution is 2.08. The molecule has 2 heterocycles. The molecule has 8 heteroatoms. The molecule has 7 nitrogen and oxygen atoms in total. The fraction of sp³-hybridized carbons (Fsp3) is 0.125. The van der Waals surface area contributed by atoms with Crippen LogP contribution in [0.4, 0.5) is 5.95 Å². The molecule has 1 N–H and O–H groups in total. The summed E-state index contributed by atoms with van der Waals surface area (Å²) in [4.78, 5) is 16.7. The van der Waals surface area contributed by atoms with Gasteiger partial charge >= 0.3 is 0 Å². The highest BCUT2D eigenvalue weighted by molar-refractivity contribution is 6.30. The van der Waals surface area contributed by atoms with Crippen molar-refractivity contribution in [3.63, 3.8) is 0 Å². The number of aromatic nitrogens is 5. The van der Waals surface area contributed by atoms with Gasteiger partial charge < -0.3 is 0 Å². The first kappa shape index (κ1) is 10.5. The summed E-state index contributed by atoms with van der Waals surface area (Å²) in [7, 11) is 1.60. The quantitative estimate of drug-likeness (QED) is 0.824. The van der Waals surface area contributed by atoms with Gasteiger partial charge in [0.05, 0.1) is 7.05 Å². The number of halogens is 1. The van der Waals surface area contributed by atoms with E-state index >= 15 is 0 Å². The van der Waals surface area contributed by atoms with E-state index in [2.05, 4.69) is 25.7 Å². The summed E-state index contributed by atoms with van der Waals surface area (Å²) >= 11 is 5.73. The van der Waals surface area contributed by atoms with Crippen molar-refractivity contribution in [3.8, 4) is 0 Å². The van der Waals surface area contributed by atoms with Crippen LogP contribution in [0.25, 0.3) is 0 Å². The Morgan fingerprint density at radius 1 is 1.56 bits per heavy atom. The first-order valence-corrected chi connectivity index (χ1v) is 4.70. The predicted molar refractivity (Wildman–Crippen MR) is 56.0 cm³/mol. The Morgan fingerprint density at radius 2 is 2.38 bits per heavy atom. The first-order valence-electron chi connectivity index (χ1n) is 4.32. The SMILES string of the molecule is Cn1nnc(NC(=O)c2cc(Cl)ccn2)n1. The van der Waals surface area contributed by atoms with Crippen LogP contribution in [0.1, 0.15) is 10.5 Å². The number of hydrogen-bond donors (Lipinski definition) is 1. The van der Waals surface area contributed by atoms with E-state index in [-0.39, 0.29) is 11.6 Å². The van der Waals surface area contributed by atoms with Crippen LogP contribution in [0.15, 0.2) is 18.3 Å². The standard InChI is InChI=1S/C8H7ClN6O/c1-15-13-8(12-14-15)11-7(16)6-4-5(9)2-3-10-6/h2-4H,1H3,(H,11,13,16). The summed E-state index contributed by atoms with van der Waals surface area (Å²) in [5.74, 6) is -0.315. The van der Waals surface area contributed by atoms with Gasteiger partial charge in [0, 0.05) is 11.2 Å². The second-order valence-electron chi connectivity index (χ2n) is 2.92.